The molecule has 1 N–H and O–H groups in total. The smallest absolute Gasteiger partial charge is 0.322 e. The molecule has 3 heterocycles. The summed E-state index contributed by atoms with van der Waals surface area (Å²) in [6.45, 7) is 6.99. The zero-order chi connectivity index (χ0) is 21.4. The van der Waals surface area contributed by atoms with Crippen LogP contribution in [0.2, 0.25) is 0 Å². The van der Waals surface area contributed by atoms with Gasteiger partial charge in [-0.1, -0.05) is 23.8 Å². The van der Waals surface area contributed by atoms with Gasteiger partial charge in [0.1, 0.15) is 0 Å². The first-order valence-corrected chi connectivity index (χ1v) is 10.4. The second-order valence-electron chi connectivity index (χ2n) is 8.13. The van der Waals surface area contributed by atoms with Crippen LogP contribution in [0, 0.1) is 13.8 Å². The molecular weight excluding hydrogens is 384 g/mol. The Morgan fingerprint density at radius 3 is 2.63 bits per heavy atom. The number of ether oxygens (including phenoxy) is 1. The van der Waals surface area contributed by atoms with Gasteiger partial charge in [-0.3, -0.25) is 14.5 Å². The van der Waals surface area contributed by atoms with E-state index in [0.717, 1.165) is 16.7 Å². The fraction of sp³-hybridized carbons (Fsp3) is 0.500. The Kier molecular flexibility index (Phi) is 5.51. The molecule has 4 rings (SSSR count). The minimum Gasteiger partial charge on any atom is -0.378 e. The van der Waals surface area contributed by atoms with Gasteiger partial charge in [0.15, 0.2) is 0 Å². The van der Waals surface area contributed by atoms with Crippen molar-refractivity contribution in [2.45, 2.75) is 26.3 Å². The Morgan fingerprint density at radius 2 is 1.93 bits per heavy atom. The van der Waals surface area contributed by atoms with Crippen molar-refractivity contribution in [3.05, 3.63) is 46.2 Å². The number of urea groups is 1. The SMILES string of the molecule is Cc1ccc([C@@H]2NC(=O)N(C)C3=C2C(=O)N(CCC(=O)N2CCOCC2)C3)c(C)c1. The van der Waals surface area contributed by atoms with Crippen molar-refractivity contribution in [3.63, 3.8) is 0 Å². The van der Waals surface area contributed by atoms with E-state index in [4.69, 9.17) is 4.74 Å². The molecule has 1 aromatic carbocycles. The summed E-state index contributed by atoms with van der Waals surface area (Å²) in [7, 11) is 1.68. The lowest BCUT2D eigenvalue weighted by molar-refractivity contribution is -0.136. The number of morpholine rings is 1. The molecule has 160 valence electrons. The first kappa shape index (κ1) is 20.4. The van der Waals surface area contributed by atoms with Crippen LogP contribution in [0.5, 0.6) is 0 Å². The highest BCUT2D eigenvalue weighted by molar-refractivity contribution is 6.01. The van der Waals surface area contributed by atoms with Crippen molar-refractivity contribution < 1.29 is 19.1 Å². The molecule has 8 nitrogen and oxygen atoms in total. The molecular formula is C22H28N4O4. The fourth-order valence-corrected chi connectivity index (χ4v) is 4.39. The van der Waals surface area contributed by atoms with Gasteiger partial charge in [0.25, 0.3) is 5.91 Å². The van der Waals surface area contributed by atoms with Crippen LogP contribution in [0.25, 0.3) is 0 Å². The van der Waals surface area contributed by atoms with E-state index in [1.54, 1.807) is 16.8 Å². The normalized spacial score (nSPS) is 21.8. The monoisotopic (exact) mass is 412 g/mol. The van der Waals surface area contributed by atoms with Gasteiger partial charge in [-0.15, -0.1) is 0 Å². The van der Waals surface area contributed by atoms with E-state index in [2.05, 4.69) is 11.4 Å². The van der Waals surface area contributed by atoms with Gasteiger partial charge >= 0.3 is 6.03 Å². The highest BCUT2D eigenvalue weighted by Gasteiger charge is 2.43. The number of benzene rings is 1. The quantitative estimate of drug-likeness (QED) is 0.809. The Hall–Kier alpha value is -2.87. The van der Waals surface area contributed by atoms with Gasteiger partial charge in [0.2, 0.25) is 5.91 Å². The molecule has 30 heavy (non-hydrogen) atoms. The van der Waals surface area contributed by atoms with Gasteiger partial charge in [-0.05, 0) is 25.0 Å². The summed E-state index contributed by atoms with van der Waals surface area (Å²) in [4.78, 5) is 43.3. The molecule has 0 spiro atoms. The van der Waals surface area contributed by atoms with Crippen molar-refractivity contribution >= 4 is 17.8 Å². The number of carbonyl (C=O) groups excluding carboxylic acids is 3. The third kappa shape index (κ3) is 3.67. The third-order valence-electron chi connectivity index (χ3n) is 6.13. The maximum Gasteiger partial charge on any atom is 0.322 e. The van der Waals surface area contributed by atoms with Gasteiger partial charge in [-0.2, -0.15) is 0 Å². The molecule has 1 aromatic rings. The number of carbonyl (C=O) groups is 3. The molecule has 4 amide bonds. The van der Waals surface area contributed by atoms with Gasteiger partial charge in [0.05, 0.1) is 37.1 Å². The van der Waals surface area contributed by atoms with E-state index < -0.39 is 6.04 Å². The third-order valence-corrected chi connectivity index (χ3v) is 6.13. The second kappa shape index (κ2) is 8.10. The Morgan fingerprint density at radius 1 is 1.20 bits per heavy atom. The highest BCUT2D eigenvalue weighted by Crippen LogP contribution is 2.36. The van der Waals surface area contributed by atoms with Gasteiger partial charge in [-0.25, -0.2) is 4.79 Å². The van der Waals surface area contributed by atoms with Crippen LogP contribution in [-0.4, -0.2) is 79.0 Å². The number of hydrogen-bond donors (Lipinski definition) is 1. The molecule has 3 aliphatic rings. The summed E-state index contributed by atoms with van der Waals surface area (Å²) < 4.78 is 5.29. The Balaban J connectivity index is 1.53. The van der Waals surface area contributed by atoms with E-state index in [1.165, 1.54) is 4.90 Å². The summed E-state index contributed by atoms with van der Waals surface area (Å²) in [5.74, 6) is -0.0824. The zero-order valence-electron chi connectivity index (χ0n) is 17.7. The van der Waals surface area contributed by atoms with Crippen LogP contribution >= 0.6 is 0 Å². The molecule has 3 aliphatic heterocycles. The van der Waals surface area contributed by atoms with Gasteiger partial charge < -0.3 is 19.9 Å². The molecule has 0 unspecified atom stereocenters. The average molecular weight is 412 g/mol. The number of nitrogens with one attached hydrogen (secondary N) is 1. The number of rotatable bonds is 4. The van der Waals surface area contributed by atoms with Crippen molar-refractivity contribution in [2.24, 2.45) is 0 Å². The number of amides is 4. The standard InChI is InChI=1S/C22H28N4O4/c1-14-4-5-16(15(2)12-14)20-19-17(24(3)22(29)23-20)13-26(21(19)28)7-6-18(27)25-8-10-30-11-9-25/h4-5,12,20H,6-11,13H2,1-3H3,(H,23,29)/t20-/m0/s1. The highest BCUT2D eigenvalue weighted by atomic mass is 16.5. The van der Waals surface area contributed by atoms with Crippen LogP contribution in [0.15, 0.2) is 29.5 Å². The number of likely N-dealkylation sites (N-methyl/N-ethyl adjacent to an activating group) is 1. The van der Waals surface area contributed by atoms with Crippen LogP contribution in [0.3, 0.4) is 0 Å². The van der Waals surface area contributed by atoms with E-state index in [1.807, 2.05) is 26.0 Å². The summed E-state index contributed by atoms with van der Waals surface area (Å²) >= 11 is 0. The molecule has 1 fully saturated rings. The summed E-state index contributed by atoms with van der Waals surface area (Å²) in [5.41, 5.74) is 4.40. The molecule has 1 saturated heterocycles. The largest absolute Gasteiger partial charge is 0.378 e. The van der Waals surface area contributed by atoms with Crippen LogP contribution in [0.1, 0.15) is 29.2 Å². The molecule has 1 atom stereocenters. The molecule has 8 heteroatoms. The number of aryl methyl sites for hydroxylation is 2. The Bertz CT molecular complexity index is 920. The van der Waals surface area contributed by atoms with Crippen LogP contribution in [0.4, 0.5) is 4.79 Å². The minimum absolute atomic E-state index is 0.0319. The van der Waals surface area contributed by atoms with Gasteiger partial charge in [0, 0.05) is 33.1 Å². The van der Waals surface area contributed by atoms with E-state index in [-0.39, 0.29) is 24.3 Å². The fourth-order valence-electron chi connectivity index (χ4n) is 4.39. The molecule has 0 radical (unpaired) electrons. The van der Waals surface area contributed by atoms with Crippen molar-refractivity contribution in [2.75, 3.05) is 46.4 Å². The maximum atomic E-state index is 13.3. The van der Waals surface area contributed by atoms with E-state index >= 15 is 0 Å². The molecule has 0 bridgehead atoms. The first-order chi connectivity index (χ1) is 14.4. The van der Waals surface area contributed by atoms with Crippen molar-refractivity contribution in [1.82, 2.24) is 20.0 Å². The average Bonchev–Trinajstić information content (AvgIpc) is 3.06. The Labute approximate surface area is 176 Å². The minimum atomic E-state index is -0.475. The van der Waals surface area contributed by atoms with Crippen molar-refractivity contribution in [3.8, 4) is 0 Å². The number of hydrogen-bond acceptors (Lipinski definition) is 4. The summed E-state index contributed by atoms with van der Waals surface area (Å²) in [6.07, 6.45) is 0.269. The predicted molar refractivity (Wildman–Crippen MR) is 111 cm³/mol. The first-order valence-electron chi connectivity index (χ1n) is 10.4. The van der Waals surface area contributed by atoms with Crippen LogP contribution in [-0.2, 0) is 14.3 Å². The zero-order valence-corrected chi connectivity index (χ0v) is 17.7. The molecule has 0 saturated carbocycles. The van der Waals surface area contributed by atoms with E-state index in [9.17, 15) is 14.4 Å². The predicted octanol–water partition coefficient (Wildman–Crippen LogP) is 1.34. The molecule has 0 aromatic heterocycles. The maximum absolute atomic E-state index is 13.3. The number of nitrogens with zero attached hydrogens (tertiary/aromatic N) is 3. The second-order valence-corrected chi connectivity index (χ2v) is 8.13. The summed E-state index contributed by atoms with van der Waals surface area (Å²) in [5, 5.41) is 2.97. The lowest BCUT2D eigenvalue weighted by Crippen LogP contribution is -2.45. The summed E-state index contributed by atoms with van der Waals surface area (Å²) in [6, 6.07) is 5.32. The van der Waals surface area contributed by atoms with E-state index in [0.29, 0.717) is 50.7 Å². The molecule has 0 aliphatic carbocycles. The van der Waals surface area contributed by atoms with Crippen LogP contribution < -0.4 is 5.32 Å². The lowest BCUT2D eigenvalue weighted by Gasteiger charge is -2.31. The van der Waals surface area contributed by atoms with Crippen molar-refractivity contribution in [1.29, 1.82) is 0 Å². The topological polar surface area (TPSA) is 82.2 Å². The lowest BCUT2D eigenvalue weighted by atomic mass is 9.91.